The van der Waals surface area contributed by atoms with Gasteiger partial charge in [-0.05, 0) is 31.1 Å². The molecule has 0 aliphatic heterocycles. The topological polar surface area (TPSA) is 38.4 Å². The van der Waals surface area contributed by atoms with Crippen LogP contribution in [0.3, 0.4) is 0 Å². The van der Waals surface area contributed by atoms with Gasteiger partial charge in [0, 0.05) is 13.0 Å². The van der Waals surface area contributed by atoms with Crippen LogP contribution in [0.5, 0.6) is 0 Å². The van der Waals surface area contributed by atoms with Crippen molar-refractivity contribution in [3.8, 4) is 0 Å². The Balaban J connectivity index is 2.34. The molecule has 0 aromatic heterocycles. The van der Waals surface area contributed by atoms with E-state index in [2.05, 4.69) is 18.8 Å². The minimum Gasteiger partial charge on any atom is -0.387 e. The fourth-order valence-corrected chi connectivity index (χ4v) is 1.90. The maximum absolute atomic E-state index is 5.77. The Morgan fingerprint density at radius 1 is 1.38 bits per heavy atom. The number of amidine groups is 1. The Morgan fingerprint density at radius 2 is 2.08 bits per heavy atom. The van der Waals surface area contributed by atoms with Crippen LogP contribution in [0, 0.1) is 5.41 Å². The molecule has 0 saturated heterocycles. The van der Waals surface area contributed by atoms with Gasteiger partial charge in [0.25, 0.3) is 0 Å². The average Bonchev–Trinajstić information content (AvgIpc) is 2.04. The van der Waals surface area contributed by atoms with Gasteiger partial charge in [0.1, 0.15) is 0 Å². The molecule has 2 heteroatoms. The van der Waals surface area contributed by atoms with Crippen molar-refractivity contribution in [1.29, 1.82) is 0 Å². The molecular weight excluding hydrogens is 160 g/mol. The maximum Gasteiger partial charge on any atom is 0.0937 e. The van der Waals surface area contributed by atoms with Crippen molar-refractivity contribution in [2.24, 2.45) is 16.1 Å². The number of nitrogens with two attached hydrogens (primary N) is 1. The van der Waals surface area contributed by atoms with Crippen LogP contribution in [0.4, 0.5) is 0 Å². The van der Waals surface area contributed by atoms with Gasteiger partial charge in [0.15, 0.2) is 0 Å². The van der Waals surface area contributed by atoms with E-state index in [1.165, 1.54) is 25.7 Å². The highest BCUT2D eigenvalue weighted by molar-refractivity contribution is 5.80. The van der Waals surface area contributed by atoms with E-state index in [4.69, 9.17) is 5.73 Å². The summed E-state index contributed by atoms with van der Waals surface area (Å²) >= 11 is 0. The molecule has 0 spiro atoms. The summed E-state index contributed by atoms with van der Waals surface area (Å²) in [5.74, 6) is 0.849. The lowest BCUT2D eigenvalue weighted by Crippen LogP contribution is -2.32. The van der Waals surface area contributed by atoms with Crippen molar-refractivity contribution in [2.75, 3.05) is 6.54 Å². The van der Waals surface area contributed by atoms with E-state index in [1.807, 2.05) is 0 Å². The largest absolute Gasteiger partial charge is 0.387 e. The first kappa shape index (κ1) is 10.6. The monoisotopic (exact) mass is 182 g/mol. The Labute approximate surface area is 81.6 Å². The van der Waals surface area contributed by atoms with E-state index in [1.54, 1.807) is 0 Å². The molecule has 2 N–H and O–H groups in total. The first-order valence-corrected chi connectivity index (χ1v) is 5.51. The summed E-state index contributed by atoms with van der Waals surface area (Å²) in [5, 5.41) is 0. The summed E-state index contributed by atoms with van der Waals surface area (Å²) in [7, 11) is 0. The first-order chi connectivity index (χ1) is 6.22. The number of aliphatic imine (C=N–C) groups is 1. The molecule has 0 radical (unpaired) electrons. The molecule has 0 heterocycles. The molecule has 2 nitrogen and oxygen atoms in total. The van der Waals surface area contributed by atoms with Gasteiger partial charge in [0.05, 0.1) is 5.84 Å². The third kappa shape index (κ3) is 2.71. The number of hydrogen-bond donors (Lipinski definition) is 1. The van der Waals surface area contributed by atoms with Crippen molar-refractivity contribution in [3.05, 3.63) is 0 Å². The molecule has 0 aromatic carbocycles. The quantitative estimate of drug-likeness (QED) is 0.515. The molecule has 1 aliphatic rings. The lowest BCUT2D eigenvalue weighted by molar-refractivity contribution is 0.139. The smallest absolute Gasteiger partial charge is 0.0937 e. The molecule has 1 aliphatic carbocycles. The predicted molar refractivity (Wildman–Crippen MR) is 58.0 cm³/mol. The van der Waals surface area contributed by atoms with Crippen LogP contribution in [0.15, 0.2) is 4.99 Å². The van der Waals surface area contributed by atoms with Crippen LogP contribution in [-0.2, 0) is 0 Å². The summed E-state index contributed by atoms with van der Waals surface area (Å²) in [6.45, 7) is 5.38. The Morgan fingerprint density at radius 3 is 2.46 bits per heavy atom. The Bertz CT molecular complexity index is 175. The second-order valence-corrected chi connectivity index (χ2v) is 4.26. The van der Waals surface area contributed by atoms with E-state index in [9.17, 15) is 0 Å². The van der Waals surface area contributed by atoms with Gasteiger partial charge in [0.2, 0.25) is 0 Å². The van der Waals surface area contributed by atoms with E-state index in [0.717, 1.165) is 25.2 Å². The Hall–Kier alpha value is -0.530. The number of nitrogens with zero attached hydrogens (tertiary/aromatic N) is 1. The van der Waals surface area contributed by atoms with Crippen LogP contribution < -0.4 is 5.73 Å². The zero-order valence-corrected chi connectivity index (χ0v) is 8.97. The van der Waals surface area contributed by atoms with Crippen molar-refractivity contribution in [1.82, 2.24) is 0 Å². The zero-order chi connectivity index (χ0) is 9.73. The third-order valence-corrected chi connectivity index (χ3v) is 3.29. The fourth-order valence-electron chi connectivity index (χ4n) is 1.90. The lowest BCUT2D eigenvalue weighted by Gasteiger charge is -2.40. The van der Waals surface area contributed by atoms with E-state index in [-0.39, 0.29) is 0 Å². The van der Waals surface area contributed by atoms with Gasteiger partial charge in [-0.15, -0.1) is 0 Å². The van der Waals surface area contributed by atoms with E-state index in [0.29, 0.717) is 5.41 Å². The summed E-state index contributed by atoms with van der Waals surface area (Å²) in [4.78, 5) is 4.47. The van der Waals surface area contributed by atoms with Gasteiger partial charge < -0.3 is 5.73 Å². The van der Waals surface area contributed by atoms with E-state index >= 15 is 0 Å². The van der Waals surface area contributed by atoms with Gasteiger partial charge in [-0.3, -0.25) is 4.99 Å². The van der Waals surface area contributed by atoms with Crippen molar-refractivity contribution < 1.29 is 0 Å². The molecule has 13 heavy (non-hydrogen) atoms. The van der Waals surface area contributed by atoms with Crippen molar-refractivity contribution in [3.63, 3.8) is 0 Å². The van der Waals surface area contributed by atoms with Crippen LogP contribution in [0.25, 0.3) is 0 Å². The average molecular weight is 182 g/mol. The molecule has 0 amide bonds. The highest BCUT2D eigenvalue weighted by atomic mass is 14.9. The molecule has 0 unspecified atom stereocenters. The van der Waals surface area contributed by atoms with Gasteiger partial charge in [-0.25, -0.2) is 0 Å². The minimum absolute atomic E-state index is 0.526. The Kier molecular flexibility index (Phi) is 3.76. The van der Waals surface area contributed by atoms with Gasteiger partial charge >= 0.3 is 0 Å². The second-order valence-electron chi connectivity index (χ2n) is 4.26. The highest BCUT2D eigenvalue weighted by Crippen LogP contribution is 2.43. The highest BCUT2D eigenvalue weighted by Gasteiger charge is 2.34. The van der Waals surface area contributed by atoms with Gasteiger partial charge in [-0.2, -0.15) is 0 Å². The number of rotatable bonds is 5. The summed E-state index contributed by atoms with van der Waals surface area (Å²) in [5.41, 5.74) is 6.30. The zero-order valence-electron chi connectivity index (χ0n) is 8.97. The molecule has 1 rings (SSSR count). The summed E-state index contributed by atoms with van der Waals surface area (Å²) < 4.78 is 0. The van der Waals surface area contributed by atoms with Crippen LogP contribution in [-0.4, -0.2) is 12.4 Å². The standard InChI is InChI=1S/C11H22N2/c1-3-6-10(12)13-9-11(4-2)7-5-8-11/h3-9H2,1-2H3,(H2,12,13). The predicted octanol–water partition coefficient (Wildman–Crippen LogP) is 2.72. The SMILES string of the molecule is CCCC(N)=NCC1(CC)CCC1. The normalized spacial score (nSPS) is 21.2. The number of hydrogen-bond acceptors (Lipinski definition) is 1. The fraction of sp³-hybridized carbons (Fsp3) is 0.909. The molecule has 1 saturated carbocycles. The molecule has 1 fully saturated rings. The van der Waals surface area contributed by atoms with Crippen molar-refractivity contribution in [2.45, 2.75) is 52.4 Å². The van der Waals surface area contributed by atoms with Crippen LogP contribution >= 0.6 is 0 Å². The first-order valence-electron chi connectivity index (χ1n) is 5.51. The molecule has 0 aromatic rings. The minimum atomic E-state index is 0.526. The van der Waals surface area contributed by atoms with Gasteiger partial charge in [-0.1, -0.05) is 20.3 Å². The maximum atomic E-state index is 5.77. The van der Waals surface area contributed by atoms with Crippen LogP contribution in [0.2, 0.25) is 0 Å². The molecule has 0 atom stereocenters. The lowest BCUT2D eigenvalue weighted by atomic mass is 9.67. The molecule has 76 valence electrons. The van der Waals surface area contributed by atoms with E-state index < -0.39 is 0 Å². The third-order valence-electron chi connectivity index (χ3n) is 3.29. The second kappa shape index (κ2) is 4.64. The molecule has 0 bridgehead atoms. The van der Waals surface area contributed by atoms with Crippen LogP contribution in [0.1, 0.15) is 52.4 Å². The van der Waals surface area contributed by atoms with Crippen molar-refractivity contribution >= 4 is 5.84 Å². The molecular formula is C11H22N2. The summed E-state index contributed by atoms with van der Waals surface area (Å²) in [6.07, 6.45) is 7.42. The summed E-state index contributed by atoms with van der Waals surface area (Å²) in [6, 6.07) is 0.